The molecule has 8 nitrogen and oxygen atoms in total. The van der Waals surface area contributed by atoms with Crippen molar-refractivity contribution in [3.8, 4) is 0 Å². The summed E-state index contributed by atoms with van der Waals surface area (Å²) in [5, 5.41) is 15.5. The number of aromatic nitrogens is 1. The van der Waals surface area contributed by atoms with Crippen LogP contribution in [0.3, 0.4) is 0 Å². The van der Waals surface area contributed by atoms with Gasteiger partial charge in [-0.15, -0.1) is 0 Å². The van der Waals surface area contributed by atoms with Gasteiger partial charge in [0.2, 0.25) is 10.0 Å². The first-order valence-corrected chi connectivity index (χ1v) is 10.5. The Bertz CT molecular complexity index is 1010. The molecule has 0 saturated carbocycles. The van der Waals surface area contributed by atoms with E-state index in [4.69, 9.17) is 4.74 Å². The third kappa shape index (κ3) is 4.20. The zero-order chi connectivity index (χ0) is 20.7. The second-order valence-corrected chi connectivity index (χ2v) is 9.92. The Hall–Kier alpha value is -2.39. The molecule has 0 radical (unpaired) electrons. The van der Waals surface area contributed by atoms with Crippen LogP contribution in [0.15, 0.2) is 35.5 Å². The number of hydrogen-bond donors (Lipinski definition) is 1. The van der Waals surface area contributed by atoms with Crippen LogP contribution in [0.2, 0.25) is 0 Å². The Kier molecular flexibility index (Phi) is 5.24. The molecule has 152 valence electrons. The normalized spacial score (nSPS) is 18.4. The molecule has 28 heavy (non-hydrogen) atoms. The Morgan fingerprint density at radius 1 is 1.32 bits per heavy atom. The molecule has 2 aromatic rings. The van der Waals surface area contributed by atoms with Crippen molar-refractivity contribution < 1.29 is 22.7 Å². The Morgan fingerprint density at radius 3 is 2.71 bits per heavy atom. The van der Waals surface area contributed by atoms with Gasteiger partial charge >= 0.3 is 6.09 Å². The summed E-state index contributed by atoms with van der Waals surface area (Å²) < 4.78 is 33.8. The minimum atomic E-state index is -3.77. The SMILES string of the molecule is Cc1c[n+]([O-])cc2cccc(S(=O)(=O)N3CC[C@H](NC(=O)OC(C)(C)C)C3)c12. The fourth-order valence-electron chi connectivity index (χ4n) is 3.40. The molecule has 2 heterocycles. The number of alkyl carbamates (subject to hydrolysis) is 1. The molecular weight excluding hydrogens is 382 g/mol. The van der Waals surface area contributed by atoms with E-state index < -0.39 is 21.7 Å². The molecule has 1 saturated heterocycles. The highest BCUT2D eigenvalue weighted by Gasteiger charge is 2.35. The van der Waals surface area contributed by atoms with E-state index in [0.717, 1.165) is 0 Å². The van der Waals surface area contributed by atoms with Crippen LogP contribution in [-0.2, 0) is 14.8 Å². The molecule has 0 unspecified atom stereocenters. The Balaban J connectivity index is 1.83. The van der Waals surface area contributed by atoms with Crippen molar-refractivity contribution in [3.05, 3.63) is 41.4 Å². The number of carbonyl (C=O) groups is 1. The lowest BCUT2D eigenvalue weighted by molar-refractivity contribution is -0.604. The zero-order valence-corrected chi connectivity index (χ0v) is 17.2. The number of nitrogens with zero attached hydrogens (tertiary/aromatic N) is 2. The smallest absolute Gasteiger partial charge is 0.407 e. The van der Waals surface area contributed by atoms with Gasteiger partial charge < -0.3 is 15.3 Å². The number of fused-ring (bicyclic) bond motifs is 1. The van der Waals surface area contributed by atoms with Crippen LogP contribution in [0, 0.1) is 12.1 Å². The molecule has 0 bridgehead atoms. The third-order valence-electron chi connectivity index (χ3n) is 4.53. The lowest BCUT2D eigenvalue weighted by Crippen LogP contribution is -2.41. The van der Waals surface area contributed by atoms with E-state index in [-0.39, 0.29) is 17.5 Å². The van der Waals surface area contributed by atoms with Gasteiger partial charge in [0.15, 0.2) is 12.4 Å². The van der Waals surface area contributed by atoms with E-state index in [1.54, 1.807) is 45.9 Å². The summed E-state index contributed by atoms with van der Waals surface area (Å²) in [5.41, 5.74) is -0.0258. The van der Waals surface area contributed by atoms with E-state index in [9.17, 15) is 18.4 Å². The summed E-state index contributed by atoms with van der Waals surface area (Å²) in [5.74, 6) is 0. The van der Waals surface area contributed by atoms with Crippen molar-refractivity contribution in [3.63, 3.8) is 0 Å². The molecule has 1 aliphatic heterocycles. The maximum atomic E-state index is 13.2. The molecule has 1 aromatic carbocycles. The molecule has 1 N–H and O–H groups in total. The molecule has 1 amide bonds. The lowest BCUT2D eigenvalue weighted by Gasteiger charge is -2.22. The van der Waals surface area contributed by atoms with Crippen molar-refractivity contribution in [1.82, 2.24) is 9.62 Å². The van der Waals surface area contributed by atoms with Gasteiger partial charge in [-0.1, -0.05) is 6.07 Å². The van der Waals surface area contributed by atoms with Crippen molar-refractivity contribution in [2.75, 3.05) is 13.1 Å². The number of hydrogen-bond acceptors (Lipinski definition) is 5. The van der Waals surface area contributed by atoms with Crippen LogP contribution in [0.5, 0.6) is 0 Å². The first-order chi connectivity index (χ1) is 13.0. The van der Waals surface area contributed by atoms with E-state index in [1.165, 1.54) is 16.7 Å². The van der Waals surface area contributed by atoms with E-state index in [1.807, 2.05) is 0 Å². The molecule has 1 atom stereocenters. The number of amides is 1. The van der Waals surface area contributed by atoms with Gasteiger partial charge in [-0.2, -0.15) is 9.04 Å². The predicted octanol–water partition coefficient (Wildman–Crippen LogP) is 2.07. The molecule has 1 aromatic heterocycles. The van der Waals surface area contributed by atoms with Gasteiger partial charge in [0.1, 0.15) is 5.60 Å². The number of benzene rings is 1. The monoisotopic (exact) mass is 407 g/mol. The molecular formula is C19H25N3O5S. The van der Waals surface area contributed by atoms with Crippen molar-refractivity contribution in [2.45, 2.75) is 50.7 Å². The van der Waals surface area contributed by atoms with Crippen LogP contribution >= 0.6 is 0 Å². The average Bonchev–Trinajstić information content (AvgIpc) is 3.01. The van der Waals surface area contributed by atoms with Gasteiger partial charge in [-0.3, -0.25) is 0 Å². The fraction of sp³-hybridized carbons (Fsp3) is 0.474. The van der Waals surface area contributed by atoms with Crippen LogP contribution in [0.1, 0.15) is 32.8 Å². The topological polar surface area (TPSA) is 103 Å². The summed E-state index contributed by atoms with van der Waals surface area (Å²) >= 11 is 0. The number of aryl methyl sites for hydroxylation is 1. The van der Waals surface area contributed by atoms with Crippen molar-refractivity contribution in [2.24, 2.45) is 0 Å². The summed E-state index contributed by atoms with van der Waals surface area (Å²) in [4.78, 5) is 12.1. The van der Waals surface area contributed by atoms with Crippen LogP contribution in [0.25, 0.3) is 10.8 Å². The number of rotatable bonds is 3. The van der Waals surface area contributed by atoms with Crippen molar-refractivity contribution >= 4 is 26.9 Å². The number of ether oxygens (including phenoxy) is 1. The minimum Gasteiger partial charge on any atom is -0.619 e. The Morgan fingerprint density at radius 2 is 2.04 bits per heavy atom. The molecule has 1 aliphatic rings. The highest BCUT2D eigenvalue weighted by molar-refractivity contribution is 7.89. The highest BCUT2D eigenvalue weighted by atomic mass is 32.2. The number of sulfonamides is 1. The first-order valence-electron chi connectivity index (χ1n) is 9.09. The quantitative estimate of drug-likeness (QED) is 0.620. The van der Waals surface area contributed by atoms with Gasteiger partial charge in [0.25, 0.3) is 0 Å². The van der Waals surface area contributed by atoms with Crippen LogP contribution in [-0.4, -0.2) is 43.5 Å². The number of carbonyl (C=O) groups excluding carboxylic acids is 1. The van der Waals surface area contributed by atoms with E-state index in [0.29, 0.717) is 34.0 Å². The number of nitrogens with one attached hydrogen (secondary N) is 1. The van der Waals surface area contributed by atoms with Crippen molar-refractivity contribution in [1.29, 1.82) is 0 Å². The summed E-state index contributed by atoms with van der Waals surface area (Å²) in [6, 6.07) is 4.58. The molecule has 0 aliphatic carbocycles. The fourth-order valence-corrected chi connectivity index (χ4v) is 5.19. The zero-order valence-electron chi connectivity index (χ0n) is 16.4. The van der Waals surface area contributed by atoms with E-state index in [2.05, 4.69) is 5.32 Å². The number of pyridine rings is 1. The van der Waals surface area contributed by atoms with Crippen LogP contribution < -0.4 is 10.0 Å². The summed E-state index contributed by atoms with van der Waals surface area (Å²) in [6.45, 7) is 7.50. The minimum absolute atomic E-state index is 0.168. The molecule has 0 spiro atoms. The molecule has 3 rings (SSSR count). The maximum Gasteiger partial charge on any atom is 0.407 e. The van der Waals surface area contributed by atoms with Crippen LogP contribution in [0.4, 0.5) is 4.79 Å². The summed E-state index contributed by atoms with van der Waals surface area (Å²) in [6.07, 6.45) is 2.66. The molecule has 1 fully saturated rings. The van der Waals surface area contributed by atoms with Gasteiger partial charge in [0, 0.05) is 35.5 Å². The largest absolute Gasteiger partial charge is 0.619 e. The second-order valence-electron chi connectivity index (χ2n) is 8.02. The standard InChI is InChI=1S/C19H25N3O5S/c1-13-10-21(24)11-14-6-5-7-16(17(13)14)28(25,26)22-9-8-15(12-22)20-18(23)27-19(2,3)4/h5-7,10-11,15H,8-9,12H2,1-4H3,(H,20,23)/t15-/m0/s1. The molecule has 9 heteroatoms. The lowest BCUT2D eigenvalue weighted by atomic mass is 10.1. The highest BCUT2D eigenvalue weighted by Crippen LogP contribution is 2.29. The third-order valence-corrected chi connectivity index (χ3v) is 6.44. The van der Waals surface area contributed by atoms with Gasteiger partial charge in [-0.25, -0.2) is 13.2 Å². The Labute approximate surface area is 164 Å². The predicted molar refractivity (Wildman–Crippen MR) is 104 cm³/mol. The first kappa shape index (κ1) is 20.3. The average molecular weight is 407 g/mol. The summed E-state index contributed by atoms with van der Waals surface area (Å²) in [7, 11) is -3.77. The van der Waals surface area contributed by atoms with Gasteiger partial charge in [-0.05, 0) is 46.2 Å². The van der Waals surface area contributed by atoms with Gasteiger partial charge in [0.05, 0.1) is 4.90 Å². The second kappa shape index (κ2) is 7.21. The maximum absolute atomic E-state index is 13.2. The van der Waals surface area contributed by atoms with E-state index >= 15 is 0 Å².